The minimum Gasteiger partial charge on any atom is -0.653 e. The maximum atomic E-state index is 7.40. The van der Waals surface area contributed by atoms with Gasteiger partial charge in [-0.15, -0.1) is 22.6 Å². The molecule has 6 aromatic carbocycles. The van der Waals surface area contributed by atoms with Gasteiger partial charge in [0.15, 0.2) is 6.71 Å². The molecule has 7 heteroatoms. The molecule has 0 fully saturated rings. The number of para-hydroxylation sites is 2. The number of pyridine rings is 2. The maximum absolute atomic E-state index is 7.40. The Morgan fingerprint density at radius 2 is 1.05 bits per heavy atom. The molecule has 0 amide bonds. The third-order valence-electron chi connectivity index (χ3n) is 12.0. The van der Waals surface area contributed by atoms with Crippen molar-refractivity contribution >= 4 is 68.0 Å². The molecule has 1 aliphatic rings. The van der Waals surface area contributed by atoms with Crippen LogP contribution in [0.15, 0.2) is 140 Å². The average Bonchev–Trinajstić information content (AvgIpc) is 3.61. The number of aryl methyl sites for hydroxylation is 6. The smallest absolute Gasteiger partial charge is 0.653 e. The van der Waals surface area contributed by atoms with Crippen molar-refractivity contribution in [3.63, 3.8) is 0 Å². The minimum absolute atomic E-state index is 0. The van der Waals surface area contributed by atoms with Gasteiger partial charge in [0.05, 0.1) is 5.69 Å². The third-order valence-corrected chi connectivity index (χ3v) is 12.0. The fourth-order valence-electron chi connectivity index (χ4n) is 9.90. The molecule has 0 saturated carbocycles. The van der Waals surface area contributed by atoms with Crippen molar-refractivity contribution in [1.82, 2.24) is 15.0 Å². The van der Waals surface area contributed by atoms with Crippen molar-refractivity contribution in [2.24, 2.45) is 0 Å². The molecule has 0 spiro atoms. The molecule has 4 heterocycles. The van der Waals surface area contributed by atoms with Crippen LogP contribution < -0.4 is 42.5 Å². The van der Waals surface area contributed by atoms with Gasteiger partial charge in [-0.1, -0.05) is 164 Å². The average molecular weight is 941 g/mol. The topological polar surface area (TPSA) is 49.1 Å². The quantitative estimate of drug-likeness (QED) is 0.126. The van der Waals surface area contributed by atoms with Crippen molar-refractivity contribution in [3.05, 3.63) is 179 Å². The molecule has 286 valence electrons. The molecule has 0 saturated heterocycles. The summed E-state index contributed by atoms with van der Waals surface area (Å²) in [7, 11) is 0. The zero-order valence-electron chi connectivity index (χ0n) is 34.0. The number of rotatable bonds is 6. The van der Waals surface area contributed by atoms with Crippen molar-refractivity contribution in [2.75, 3.05) is 0 Å². The summed E-state index contributed by atoms with van der Waals surface area (Å²) >= 11 is 0. The van der Waals surface area contributed by atoms with E-state index in [4.69, 9.17) is 14.7 Å². The van der Waals surface area contributed by atoms with Crippen LogP contribution in [0, 0.1) is 47.6 Å². The van der Waals surface area contributed by atoms with E-state index >= 15 is 0 Å². The molecule has 0 atom stereocenters. The van der Waals surface area contributed by atoms with Gasteiger partial charge < -0.3 is 14.7 Å². The van der Waals surface area contributed by atoms with E-state index < -0.39 is 0 Å². The predicted octanol–water partition coefficient (Wildman–Crippen LogP) is 7.86. The van der Waals surface area contributed by atoms with E-state index in [0.29, 0.717) is 11.5 Å². The molecule has 10 rings (SSSR count). The Morgan fingerprint density at radius 3 is 1.66 bits per heavy atom. The number of aromatic nitrogens is 3. The first-order valence-electron chi connectivity index (χ1n) is 20.1. The summed E-state index contributed by atoms with van der Waals surface area (Å²) in [5, 5.41) is 2.11. The van der Waals surface area contributed by atoms with Crippen LogP contribution in [0.4, 0.5) is 0 Å². The molecular weight excluding hydrogens is 899 g/mol. The summed E-state index contributed by atoms with van der Waals surface area (Å²) in [6.07, 6.45) is 3.68. The SMILES string of the molecule is Cc1cc(C)c(B2c3ccccc3B(c3c(C)cc(C)cc3C)c3c(Oc4cccc5c4[n-]c4c(-c6ccccn6)cccc45)[c-]c(-c4ccccn4)cc32)c(C)c1.[Pt+2]. The summed E-state index contributed by atoms with van der Waals surface area (Å²) in [6.45, 7) is 13.2. The van der Waals surface area contributed by atoms with Gasteiger partial charge in [0, 0.05) is 18.1 Å². The fraction of sp³-hybridized carbons (Fsp3) is 0.115. The molecule has 0 bridgehead atoms. The van der Waals surface area contributed by atoms with Crippen LogP contribution >= 0.6 is 0 Å². The summed E-state index contributed by atoms with van der Waals surface area (Å²) in [5.74, 6) is 1.38. The standard InChI is InChI=1S/C52H41B2N3O.Pt/c1-31-25-33(3)48(34(4)26-31)53-41-18-7-8-19-42(41)54(49-35(5)27-32(2)28-36(49)6)50-43(53)29-37(44-20-9-11-23-55-44)30-47(50)58-46-22-14-16-39-38-15-13-17-40(51(38)57-52(39)46)45-21-10-12-24-56-45;/h7-29H,1-6H3;/q-2;+2. The van der Waals surface area contributed by atoms with E-state index in [2.05, 4.69) is 144 Å². The Kier molecular flexibility index (Phi) is 10.0. The first-order valence-corrected chi connectivity index (χ1v) is 20.1. The van der Waals surface area contributed by atoms with Crippen molar-refractivity contribution in [2.45, 2.75) is 41.5 Å². The van der Waals surface area contributed by atoms with Gasteiger partial charge in [0.1, 0.15) is 5.75 Å². The third kappa shape index (κ3) is 6.55. The second kappa shape index (κ2) is 15.3. The Morgan fingerprint density at radius 1 is 0.508 bits per heavy atom. The van der Waals surface area contributed by atoms with E-state index in [0.717, 1.165) is 49.8 Å². The van der Waals surface area contributed by atoms with Gasteiger partial charge in [0.25, 0.3) is 0 Å². The number of benzene rings is 6. The Bertz CT molecular complexity index is 3020. The molecule has 1 aliphatic heterocycles. The first-order chi connectivity index (χ1) is 28.2. The Hall–Kier alpha value is -5.96. The molecule has 0 radical (unpaired) electrons. The fourth-order valence-corrected chi connectivity index (χ4v) is 9.90. The zero-order valence-corrected chi connectivity index (χ0v) is 36.3. The monoisotopic (exact) mass is 940 g/mol. The van der Waals surface area contributed by atoms with E-state index in [1.807, 2.05) is 48.8 Å². The van der Waals surface area contributed by atoms with E-state index in [9.17, 15) is 0 Å². The number of fused-ring (bicyclic) bond motifs is 5. The van der Waals surface area contributed by atoms with Crippen LogP contribution in [0.2, 0.25) is 0 Å². The van der Waals surface area contributed by atoms with Crippen LogP contribution in [0.1, 0.15) is 33.4 Å². The van der Waals surface area contributed by atoms with E-state index in [-0.39, 0.29) is 34.5 Å². The number of ether oxygens (including phenoxy) is 1. The first kappa shape index (κ1) is 38.6. The second-order valence-electron chi connectivity index (χ2n) is 16.0. The molecule has 3 aromatic heterocycles. The van der Waals surface area contributed by atoms with E-state index in [1.54, 1.807) is 0 Å². The number of hydrogen-bond acceptors (Lipinski definition) is 3. The second-order valence-corrected chi connectivity index (χ2v) is 16.0. The molecule has 0 aliphatic carbocycles. The largest absolute Gasteiger partial charge is 2.00 e. The van der Waals surface area contributed by atoms with E-state index in [1.165, 1.54) is 60.7 Å². The van der Waals surface area contributed by atoms with Crippen LogP contribution in [0.3, 0.4) is 0 Å². The van der Waals surface area contributed by atoms with Gasteiger partial charge in [-0.25, -0.2) is 0 Å². The summed E-state index contributed by atoms with van der Waals surface area (Å²) < 4.78 is 7.40. The number of hydrogen-bond donors (Lipinski definition) is 0. The molecule has 0 N–H and O–H groups in total. The molecule has 9 aromatic rings. The Labute approximate surface area is 361 Å². The van der Waals surface area contributed by atoms with Gasteiger partial charge in [0.2, 0.25) is 6.71 Å². The van der Waals surface area contributed by atoms with Crippen LogP contribution in [0.5, 0.6) is 11.5 Å². The van der Waals surface area contributed by atoms with Crippen molar-refractivity contribution in [1.29, 1.82) is 0 Å². The normalized spacial score (nSPS) is 12.0. The van der Waals surface area contributed by atoms with Crippen molar-refractivity contribution in [3.8, 4) is 34.0 Å². The Balaban J connectivity index is 0.00000449. The number of nitrogens with zero attached hydrogens (tertiary/aromatic N) is 3. The van der Waals surface area contributed by atoms with Gasteiger partial charge in [-0.05, 0) is 87.8 Å². The van der Waals surface area contributed by atoms with Gasteiger partial charge >= 0.3 is 21.1 Å². The van der Waals surface area contributed by atoms with Crippen molar-refractivity contribution < 1.29 is 25.8 Å². The van der Waals surface area contributed by atoms with Crippen LogP contribution in [0.25, 0.3) is 44.3 Å². The zero-order chi connectivity index (χ0) is 39.7. The van der Waals surface area contributed by atoms with Crippen LogP contribution in [-0.4, -0.2) is 23.4 Å². The summed E-state index contributed by atoms with van der Waals surface area (Å²) in [5.41, 5.74) is 20.5. The molecule has 59 heavy (non-hydrogen) atoms. The van der Waals surface area contributed by atoms with Crippen LogP contribution in [-0.2, 0) is 21.1 Å². The minimum atomic E-state index is -0.111. The molecular formula is C52H41B2N3OPt. The predicted molar refractivity (Wildman–Crippen MR) is 244 cm³/mol. The summed E-state index contributed by atoms with van der Waals surface area (Å²) in [4.78, 5) is 14.9. The molecule has 0 unspecified atom stereocenters. The maximum Gasteiger partial charge on any atom is 2.00 e. The van der Waals surface area contributed by atoms with Gasteiger partial charge in [-0.3, -0.25) is 4.98 Å². The summed E-state index contributed by atoms with van der Waals surface area (Å²) in [6, 6.07) is 49.2. The van der Waals surface area contributed by atoms with Gasteiger partial charge in [-0.2, -0.15) is 5.46 Å². The molecule has 4 nitrogen and oxygen atoms in total.